The molecule has 3 N–H and O–H groups in total. The second-order valence-electron chi connectivity index (χ2n) is 4.59. The fourth-order valence-electron chi connectivity index (χ4n) is 2.26. The highest BCUT2D eigenvalue weighted by atomic mass is 19.4. The quantitative estimate of drug-likeness (QED) is 0.778. The number of likely N-dealkylation sites (tertiary alicyclic amines) is 1. The smallest absolute Gasteiger partial charge is 0.392 e. The van der Waals surface area contributed by atoms with Crippen LogP contribution in [0.2, 0.25) is 0 Å². The molecule has 1 amide bonds. The van der Waals surface area contributed by atoms with E-state index < -0.39 is 24.4 Å². The predicted octanol–water partition coefficient (Wildman–Crippen LogP) is 0.887. The summed E-state index contributed by atoms with van der Waals surface area (Å²) in [7, 11) is 0. The van der Waals surface area contributed by atoms with Gasteiger partial charge in [-0.15, -0.1) is 0 Å². The first kappa shape index (κ1) is 15.2. The third-order valence-corrected chi connectivity index (χ3v) is 3.31. The Bertz CT molecular complexity index is 284. The van der Waals surface area contributed by atoms with Gasteiger partial charge >= 0.3 is 6.18 Å². The van der Waals surface area contributed by atoms with E-state index in [0.717, 1.165) is 6.42 Å². The van der Waals surface area contributed by atoms with Crippen molar-refractivity contribution in [2.75, 3.05) is 19.7 Å². The number of hydrogen-bond donors (Lipinski definition) is 2. The lowest BCUT2D eigenvalue weighted by Crippen LogP contribution is -2.40. The zero-order valence-electron chi connectivity index (χ0n) is 10.1. The Morgan fingerprint density at radius 3 is 2.67 bits per heavy atom. The van der Waals surface area contributed by atoms with Crippen molar-refractivity contribution in [2.24, 2.45) is 11.7 Å². The number of nitrogens with zero attached hydrogens (tertiary/aromatic N) is 1. The van der Waals surface area contributed by atoms with E-state index >= 15 is 0 Å². The average Bonchev–Trinajstić information content (AvgIpc) is 2.75. The molecular weight excluding hydrogens is 249 g/mol. The predicted molar refractivity (Wildman–Crippen MR) is 59.7 cm³/mol. The van der Waals surface area contributed by atoms with Crippen LogP contribution in [0.15, 0.2) is 0 Å². The van der Waals surface area contributed by atoms with Gasteiger partial charge in [-0.05, 0) is 25.8 Å². The van der Waals surface area contributed by atoms with Crippen LogP contribution in [0.4, 0.5) is 13.2 Å². The molecule has 2 atom stereocenters. The number of rotatable bonds is 5. The summed E-state index contributed by atoms with van der Waals surface area (Å²) in [5.41, 5.74) is 5.14. The molecule has 18 heavy (non-hydrogen) atoms. The maximum atomic E-state index is 12.7. The molecule has 1 aliphatic heterocycles. The Hall–Kier alpha value is -0.820. The highest BCUT2D eigenvalue weighted by Crippen LogP contribution is 2.32. The largest absolute Gasteiger partial charge is 0.394 e. The van der Waals surface area contributed by atoms with Gasteiger partial charge in [0.2, 0.25) is 5.91 Å². The van der Waals surface area contributed by atoms with E-state index in [1.165, 1.54) is 4.90 Å². The highest BCUT2D eigenvalue weighted by Gasteiger charge is 2.41. The maximum absolute atomic E-state index is 12.7. The second kappa shape index (κ2) is 6.38. The molecule has 0 aromatic heterocycles. The number of aliphatic hydroxyl groups excluding tert-OH is 1. The normalized spacial score (nSPS) is 22.3. The lowest BCUT2D eigenvalue weighted by Gasteiger charge is -2.26. The Kier molecular flexibility index (Phi) is 5.40. The average molecular weight is 268 g/mol. The van der Waals surface area contributed by atoms with Gasteiger partial charge in [-0.1, -0.05) is 0 Å². The van der Waals surface area contributed by atoms with Crippen LogP contribution < -0.4 is 5.73 Å². The van der Waals surface area contributed by atoms with Crippen LogP contribution in [0.1, 0.15) is 25.7 Å². The van der Waals surface area contributed by atoms with Crippen LogP contribution >= 0.6 is 0 Å². The zero-order chi connectivity index (χ0) is 13.8. The third-order valence-electron chi connectivity index (χ3n) is 3.31. The van der Waals surface area contributed by atoms with Crippen LogP contribution in [0, 0.1) is 5.92 Å². The van der Waals surface area contributed by atoms with Crippen LogP contribution in [-0.4, -0.2) is 47.8 Å². The standard InChI is InChI=1S/C11H19F3N2O2/c12-11(13,14)8(3-4-15)6-10(18)16-5-1-2-9(16)7-17/h8-9,17H,1-7,15H2. The van der Waals surface area contributed by atoms with E-state index in [1.54, 1.807) is 0 Å². The minimum absolute atomic E-state index is 0.0963. The molecular formula is C11H19F3N2O2. The van der Waals surface area contributed by atoms with Crippen molar-refractivity contribution in [3.8, 4) is 0 Å². The fraction of sp³-hybridized carbons (Fsp3) is 0.909. The van der Waals surface area contributed by atoms with Crippen LogP contribution in [0.5, 0.6) is 0 Å². The minimum Gasteiger partial charge on any atom is -0.394 e. The van der Waals surface area contributed by atoms with Gasteiger partial charge in [0.15, 0.2) is 0 Å². The van der Waals surface area contributed by atoms with Crippen LogP contribution in [0.25, 0.3) is 0 Å². The topological polar surface area (TPSA) is 66.6 Å². The first-order valence-corrected chi connectivity index (χ1v) is 6.07. The third kappa shape index (κ3) is 3.84. The Morgan fingerprint density at radius 2 is 2.17 bits per heavy atom. The summed E-state index contributed by atoms with van der Waals surface area (Å²) < 4.78 is 38.0. The summed E-state index contributed by atoms with van der Waals surface area (Å²) in [6, 6.07) is -0.329. The molecule has 1 aliphatic rings. The zero-order valence-corrected chi connectivity index (χ0v) is 10.1. The van der Waals surface area contributed by atoms with Gasteiger partial charge in [-0.25, -0.2) is 0 Å². The second-order valence-corrected chi connectivity index (χ2v) is 4.59. The summed E-state index contributed by atoms with van der Waals surface area (Å²) in [5.74, 6) is -2.22. The van der Waals surface area contributed by atoms with Crippen molar-refractivity contribution in [2.45, 2.75) is 37.9 Å². The molecule has 0 spiro atoms. The first-order valence-electron chi connectivity index (χ1n) is 6.07. The number of alkyl halides is 3. The van der Waals surface area contributed by atoms with Crippen molar-refractivity contribution in [1.82, 2.24) is 4.90 Å². The number of halogens is 3. The summed E-state index contributed by atoms with van der Waals surface area (Å²) in [5, 5.41) is 9.05. The number of aliphatic hydroxyl groups is 1. The summed E-state index contributed by atoms with van der Waals surface area (Å²) in [4.78, 5) is 13.2. The summed E-state index contributed by atoms with van der Waals surface area (Å²) in [6.45, 7) is 0.136. The Morgan fingerprint density at radius 1 is 1.50 bits per heavy atom. The molecule has 4 nitrogen and oxygen atoms in total. The monoisotopic (exact) mass is 268 g/mol. The van der Waals surface area contributed by atoms with Gasteiger partial charge in [0.05, 0.1) is 18.6 Å². The van der Waals surface area contributed by atoms with Crippen molar-refractivity contribution in [3.63, 3.8) is 0 Å². The van der Waals surface area contributed by atoms with Crippen molar-refractivity contribution in [1.29, 1.82) is 0 Å². The Labute approximate surface area is 104 Å². The van der Waals surface area contributed by atoms with E-state index in [4.69, 9.17) is 10.8 Å². The lowest BCUT2D eigenvalue weighted by molar-refractivity contribution is -0.182. The highest BCUT2D eigenvalue weighted by molar-refractivity contribution is 5.77. The first-order chi connectivity index (χ1) is 8.40. The number of carbonyl (C=O) groups is 1. The molecule has 7 heteroatoms. The molecule has 1 fully saturated rings. The van der Waals surface area contributed by atoms with Gasteiger partial charge in [-0.2, -0.15) is 13.2 Å². The Balaban J connectivity index is 2.61. The minimum atomic E-state index is -4.40. The molecule has 1 rings (SSSR count). The summed E-state index contributed by atoms with van der Waals surface area (Å²) in [6.07, 6.45) is -3.84. The van der Waals surface area contributed by atoms with Gasteiger partial charge < -0.3 is 15.7 Å². The molecule has 0 aliphatic carbocycles. The van der Waals surface area contributed by atoms with Crippen molar-refractivity contribution >= 4 is 5.91 Å². The van der Waals surface area contributed by atoms with Gasteiger partial charge in [0.1, 0.15) is 0 Å². The van der Waals surface area contributed by atoms with E-state index in [9.17, 15) is 18.0 Å². The molecule has 106 valence electrons. The molecule has 2 unspecified atom stereocenters. The van der Waals surface area contributed by atoms with E-state index in [2.05, 4.69) is 0 Å². The molecule has 0 saturated carbocycles. The number of nitrogens with two attached hydrogens (primary N) is 1. The van der Waals surface area contributed by atoms with E-state index in [-0.39, 0.29) is 25.6 Å². The fourth-order valence-corrected chi connectivity index (χ4v) is 2.26. The van der Waals surface area contributed by atoms with Crippen LogP contribution in [0.3, 0.4) is 0 Å². The van der Waals surface area contributed by atoms with E-state index in [1.807, 2.05) is 0 Å². The molecule has 0 aromatic carbocycles. The number of hydrogen-bond acceptors (Lipinski definition) is 3. The van der Waals surface area contributed by atoms with Gasteiger partial charge in [0.25, 0.3) is 0 Å². The molecule has 0 radical (unpaired) electrons. The summed E-state index contributed by atoms with van der Waals surface area (Å²) >= 11 is 0. The lowest BCUT2D eigenvalue weighted by atomic mass is 10.00. The maximum Gasteiger partial charge on any atom is 0.392 e. The van der Waals surface area contributed by atoms with Gasteiger partial charge in [-0.3, -0.25) is 4.79 Å². The SMILES string of the molecule is NCCC(CC(=O)N1CCCC1CO)C(F)(F)F. The molecule has 0 bridgehead atoms. The van der Waals surface area contributed by atoms with Gasteiger partial charge in [0, 0.05) is 13.0 Å². The van der Waals surface area contributed by atoms with Crippen molar-refractivity contribution in [3.05, 3.63) is 0 Å². The molecule has 0 aromatic rings. The number of carbonyl (C=O) groups excluding carboxylic acids is 1. The van der Waals surface area contributed by atoms with Crippen molar-refractivity contribution < 1.29 is 23.1 Å². The van der Waals surface area contributed by atoms with E-state index in [0.29, 0.717) is 13.0 Å². The molecule has 1 heterocycles. The van der Waals surface area contributed by atoms with Crippen LogP contribution in [-0.2, 0) is 4.79 Å². The number of amides is 1. The molecule has 1 saturated heterocycles.